The summed E-state index contributed by atoms with van der Waals surface area (Å²) in [6.07, 6.45) is 2.78. The van der Waals surface area contributed by atoms with Crippen LogP contribution in [0.1, 0.15) is 42.1 Å². The first-order chi connectivity index (χ1) is 10.0. The number of rotatable bonds is 9. The molecule has 0 saturated heterocycles. The molecule has 1 rings (SSSR count). The Balaban J connectivity index is 2.28. The van der Waals surface area contributed by atoms with Gasteiger partial charge in [-0.25, -0.2) is 4.79 Å². The van der Waals surface area contributed by atoms with Crippen molar-refractivity contribution in [1.29, 1.82) is 0 Å². The second-order valence-electron chi connectivity index (χ2n) is 5.19. The minimum atomic E-state index is -0.944. The van der Waals surface area contributed by atoms with Gasteiger partial charge in [0.2, 0.25) is 5.91 Å². The zero-order valence-corrected chi connectivity index (χ0v) is 12.8. The highest BCUT2D eigenvalue weighted by molar-refractivity contribution is 5.87. The molecule has 0 aromatic heterocycles. The number of nitrogens with zero attached hydrogens (tertiary/aromatic N) is 1. The molecule has 1 amide bonds. The van der Waals surface area contributed by atoms with E-state index in [0.717, 1.165) is 31.5 Å². The molecule has 0 aliphatic heterocycles. The van der Waals surface area contributed by atoms with Gasteiger partial charge in [-0.15, -0.1) is 0 Å². The predicted octanol–water partition coefficient (Wildman–Crippen LogP) is 2.12. The number of benzene rings is 1. The molecule has 1 aromatic rings. The molecule has 116 valence electrons. The van der Waals surface area contributed by atoms with Gasteiger partial charge in [0.25, 0.3) is 0 Å². The number of hydrogen-bond donors (Lipinski definition) is 2. The average Bonchev–Trinajstić information content (AvgIpc) is 2.49. The van der Waals surface area contributed by atoms with Crippen LogP contribution in [0.4, 0.5) is 0 Å². The van der Waals surface area contributed by atoms with E-state index < -0.39 is 5.97 Å². The molecule has 5 heteroatoms. The molecule has 2 N–H and O–H groups in total. The van der Waals surface area contributed by atoms with Crippen LogP contribution in [0.5, 0.6) is 0 Å². The van der Waals surface area contributed by atoms with Gasteiger partial charge in [-0.05, 0) is 37.7 Å². The minimum absolute atomic E-state index is 0.0145. The molecule has 0 atom stereocenters. The highest BCUT2D eigenvalue weighted by Crippen LogP contribution is 2.04. The third-order valence-electron chi connectivity index (χ3n) is 3.30. The van der Waals surface area contributed by atoms with E-state index in [9.17, 15) is 9.59 Å². The molecule has 0 heterocycles. The number of amides is 1. The molecule has 0 fully saturated rings. The topological polar surface area (TPSA) is 69.6 Å². The Labute approximate surface area is 126 Å². The fourth-order valence-electron chi connectivity index (χ4n) is 1.89. The van der Waals surface area contributed by atoms with E-state index in [-0.39, 0.29) is 11.5 Å². The monoisotopic (exact) mass is 292 g/mol. The lowest BCUT2D eigenvalue weighted by Crippen LogP contribution is -2.29. The van der Waals surface area contributed by atoms with Crippen LogP contribution in [-0.4, -0.2) is 42.0 Å². The van der Waals surface area contributed by atoms with Gasteiger partial charge in [-0.1, -0.05) is 25.5 Å². The van der Waals surface area contributed by atoms with Gasteiger partial charge in [0.1, 0.15) is 0 Å². The molecule has 0 aliphatic rings. The standard InChI is InChI=1S/C16H24N2O3/c1-3-4-10-18(2)11-9-15(19)17-12-13-5-7-14(8-6-13)16(20)21/h5-8H,3-4,9-12H2,1-2H3,(H,17,19)(H,20,21). The Morgan fingerprint density at radius 2 is 1.86 bits per heavy atom. The quantitative estimate of drug-likeness (QED) is 0.731. The third-order valence-corrected chi connectivity index (χ3v) is 3.30. The van der Waals surface area contributed by atoms with E-state index >= 15 is 0 Å². The lowest BCUT2D eigenvalue weighted by atomic mass is 10.1. The van der Waals surface area contributed by atoms with Gasteiger partial charge < -0.3 is 15.3 Å². The van der Waals surface area contributed by atoms with Crippen LogP contribution in [0.25, 0.3) is 0 Å². The lowest BCUT2D eigenvalue weighted by molar-refractivity contribution is -0.121. The minimum Gasteiger partial charge on any atom is -0.478 e. The molecule has 0 aliphatic carbocycles. The van der Waals surface area contributed by atoms with Gasteiger partial charge in [0.15, 0.2) is 0 Å². The van der Waals surface area contributed by atoms with Crippen molar-refractivity contribution in [2.75, 3.05) is 20.1 Å². The lowest BCUT2D eigenvalue weighted by Gasteiger charge is -2.15. The summed E-state index contributed by atoms with van der Waals surface area (Å²) in [5, 5.41) is 11.6. The van der Waals surface area contributed by atoms with E-state index in [1.54, 1.807) is 24.3 Å². The zero-order valence-electron chi connectivity index (χ0n) is 12.8. The van der Waals surface area contributed by atoms with Crippen molar-refractivity contribution >= 4 is 11.9 Å². The van der Waals surface area contributed by atoms with E-state index in [0.29, 0.717) is 13.0 Å². The largest absolute Gasteiger partial charge is 0.478 e. The molecule has 0 unspecified atom stereocenters. The van der Waals surface area contributed by atoms with Gasteiger partial charge in [0, 0.05) is 19.5 Å². The second kappa shape index (κ2) is 9.13. The molecular formula is C16H24N2O3. The number of nitrogens with one attached hydrogen (secondary N) is 1. The van der Waals surface area contributed by atoms with Crippen LogP contribution < -0.4 is 5.32 Å². The van der Waals surface area contributed by atoms with E-state index in [4.69, 9.17) is 5.11 Å². The number of aromatic carboxylic acids is 1. The number of unbranched alkanes of at least 4 members (excludes halogenated alkanes) is 1. The Hall–Kier alpha value is -1.88. The van der Waals surface area contributed by atoms with Gasteiger partial charge >= 0.3 is 5.97 Å². The summed E-state index contributed by atoms with van der Waals surface area (Å²) >= 11 is 0. The normalized spacial score (nSPS) is 10.6. The van der Waals surface area contributed by atoms with E-state index in [1.807, 2.05) is 7.05 Å². The Morgan fingerprint density at radius 1 is 1.19 bits per heavy atom. The van der Waals surface area contributed by atoms with Gasteiger partial charge in [0.05, 0.1) is 5.56 Å². The van der Waals surface area contributed by atoms with Crippen LogP contribution >= 0.6 is 0 Å². The number of carbonyl (C=O) groups excluding carboxylic acids is 1. The SMILES string of the molecule is CCCCN(C)CCC(=O)NCc1ccc(C(=O)O)cc1. The number of carbonyl (C=O) groups is 2. The summed E-state index contributed by atoms with van der Waals surface area (Å²) in [6.45, 7) is 4.35. The highest BCUT2D eigenvalue weighted by atomic mass is 16.4. The molecule has 5 nitrogen and oxygen atoms in total. The van der Waals surface area contributed by atoms with E-state index in [2.05, 4.69) is 17.1 Å². The van der Waals surface area contributed by atoms with Crippen LogP contribution in [0.3, 0.4) is 0 Å². The molecule has 1 aromatic carbocycles. The maximum atomic E-state index is 11.7. The average molecular weight is 292 g/mol. The summed E-state index contributed by atoms with van der Waals surface area (Å²) in [5.74, 6) is -0.929. The van der Waals surface area contributed by atoms with Gasteiger partial charge in [-0.3, -0.25) is 4.79 Å². The van der Waals surface area contributed by atoms with Crippen molar-refractivity contribution in [2.45, 2.75) is 32.7 Å². The number of carboxylic acid groups (broad SMARTS) is 1. The number of hydrogen-bond acceptors (Lipinski definition) is 3. The van der Waals surface area contributed by atoms with Crippen molar-refractivity contribution in [1.82, 2.24) is 10.2 Å². The fourth-order valence-corrected chi connectivity index (χ4v) is 1.89. The van der Waals surface area contributed by atoms with Crippen molar-refractivity contribution in [3.63, 3.8) is 0 Å². The molecule has 0 radical (unpaired) electrons. The highest BCUT2D eigenvalue weighted by Gasteiger charge is 2.05. The first kappa shape index (κ1) is 17.2. The maximum absolute atomic E-state index is 11.7. The Bertz CT molecular complexity index is 457. The van der Waals surface area contributed by atoms with Crippen LogP contribution in [-0.2, 0) is 11.3 Å². The second-order valence-corrected chi connectivity index (χ2v) is 5.19. The summed E-state index contributed by atoms with van der Waals surface area (Å²) in [6, 6.07) is 6.53. The van der Waals surface area contributed by atoms with Crippen LogP contribution in [0, 0.1) is 0 Å². The van der Waals surface area contributed by atoms with Crippen molar-refractivity contribution in [3.05, 3.63) is 35.4 Å². The fraction of sp³-hybridized carbons (Fsp3) is 0.500. The summed E-state index contributed by atoms with van der Waals surface area (Å²) in [4.78, 5) is 24.6. The summed E-state index contributed by atoms with van der Waals surface area (Å²) in [5.41, 5.74) is 1.15. The molecular weight excluding hydrogens is 268 g/mol. The van der Waals surface area contributed by atoms with Gasteiger partial charge in [-0.2, -0.15) is 0 Å². The van der Waals surface area contributed by atoms with Crippen LogP contribution in [0.2, 0.25) is 0 Å². The first-order valence-corrected chi connectivity index (χ1v) is 7.30. The van der Waals surface area contributed by atoms with Crippen molar-refractivity contribution in [3.8, 4) is 0 Å². The maximum Gasteiger partial charge on any atom is 0.335 e. The van der Waals surface area contributed by atoms with Crippen molar-refractivity contribution < 1.29 is 14.7 Å². The molecule has 21 heavy (non-hydrogen) atoms. The first-order valence-electron chi connectivity index (χ1n) is 7.30. The zero-order chi connectivity index (χ0) is 15.7. The summed E-state index contributed by atoms with van der Waals surface area (Å²) in [7, 11) is 2.02. The predicted molar refractivity (Wildman–Crippen MR) is 82.3 cm³/mol. The third kappa shape index (κ3) is 6.90. The smallest absolute Gasteiger partial charge is 0.335 e. The van der Waals surface area contributed by atoms with Crippen LogP contribution in [0.15, 0.2) is 24.3 Å². The number of carboxylic acids is 1. The van der Waals surface area contributed by atoms with E-state index in [1.165, 1.54) is 0 Å². The van der Waals surface area contributed by atoms with Crippen molar-refractivity contribution in [2.24, 2.45) is 0 Å². The summed E-state index contributed by atoms with van der Waals surface area (Å²) < 4.78 is 0. The molecule has 0 spiro atoms. The molecule has 0 saturated carbocycles. The molecule has 0 bridgehead atoms. The Kier molecular flexibility index (Phi) is 7.46. The Morgan fingerprint density at radius 3 is 2.43 bits per heavy atom.